The fourth-order valence-electron chi connectivity index (χ4n) is 4.85. The van der Waals surface area contributed by atoms with Gasteiger partial charge >= 0.3 is 6.03 Å². The highest BCUT2D eigenvalue weighted by molar-refractivity contribution is 6.34. The fraction of sp³-hybridized carbons (Fsp3) is 0.214. The monoisotopic (exact) mass is 488 g/mol. The smallest absolute Gasteiger partial charge is 0.312 e. The Balaban J connectivity index is 1.48. The van der Waals surface area contributed by atoms with Crippen molar-refractivity contribution in [3.05, 3.63) is 94.9 Å². The molecule has 5 rings (SSSR count). The summed E-state index contributed by atoms with van der Waals surface area (Å²) in [4.78, 5) is 16.0. The number of anilines is 1. The number of primary amides is 1. The second-order valence-electron chi connectivity index (χ2n) is 9.10. The van der Waals surface area contributed by atoms with E-state index in [-0.39, 0.29) is 17.4 Å². The van der Waals surface area contributed by atoms with Crippen LogP contribution in [0.25, 0.3) is 22.0 Å². The number of hydrogen-bond acceptors (Lipinski definition) is 3. The molecule has 0 saturated heterocycles. The fourth-order valence-corrected chi connectivity index (χ4v) is 5.05. The van der Waals surface area contributed by atoms with Crippen molar-refractivity contribution >= 4 is 34.2 Å². The van der Waals surface area contributed by atoms with Crippen LogP contribution in [-0.4, -0.2) is 11.0 Å². The molecule has 2 amide bonds. The summed E-state index contributed by atoms with van der Waals surface area (Å²) >= 11 is 6.54. The van der Waals surface area contributed by atoms with E-state index in [1.54, 1.807) is 18.3 Å². The van der Waals surface area contributed by atoms with Crippen LogP contribution >= 0.6 is 11.6 Å². The zero-order chi connectivity index (χ0) is 24.6. The lowest BCUT2D eigenvalue weighted by Crippen LogP contribution is -2.52. The molecule has 0 aliphatic heterocycles. The standard InChI is InChI=1S/C28H26ClFN4O/c1-17(21-5-2-3-6-24(21)30)33-26-22-15-19(9-12-25(22)32-16-23(26)29)18-7-10-20(11-8-18)28(13-4-14-28)34-27(31)35/h2-3,5-12,15-17H,4,13-14H2,1H3,(H,32,33)(H3,31,34,35)/t17-/m1/s1. The van der Waals surface area contributed by atoms with Crippen LogP contribution in [-0.2, 0) is 5.54 Å². The molecule has 1 atom stereocenters. The van der Waals surface area contributed by atoms with Gasteiger partial charge in [-0.25, -0.2) is 9.18 Å². The Morgan fingerprint density at radius 3 is 2.46 bits per heavy atom. The first-order valence-electron chi connectivity index (χ1n) is 11.6. The number of rotatable bonds is 6. The third kappa shape index (κ3) is 4.42. The van der Waals surface area contributed by atoms with Crippen molar-refractivity contribution in [2.45, 2.75) is 37.8 Å². The first-order valence-corrected chi connectivity index (χ1v) is 12.0. The molecule has 5 nitrogen and oxygen atoms in total. The number of halogens is 2. The maximum absolute atomic E-state index is 14.3. The zero-order valence-electron chi connectivity index (χ0n) is 19.3. The van der Waals surface area contributed by atoms with Crippen LogP contribution in [0.2, 0.25) is 5.02 Å². The van der Waals surface area contributed by atoms with Crippen molar-refractivity contribution in [3.63, 3.8) is 0 Å². The van der Waals surface area contributed by atoms with Crippen molar-refractivity contribution in [2.75, 3.05) is 5.32 Å². The van der Waals surface area contributed by atoms with Gasteiger partial charge in [-0.15, -0.1) is 0 Å². The Morgan fingerprint density at radius 1 is 1.09 bits per heavy atom. The maximum Gasteiger partial charge on any atom is 0.312 e. The minimum Gasteiger partial charge on any atom is -0.377 e. The third-order valence-corrected chi connectivity index (χ3v) is 7.18. The van der Waals surface area contributed by atoms with E-state index >= 15 is 0 Å². The Kier molecular flexibility index (Phi) is 6.07. The van der Waals surface area contributed by atoms with Crippen LogP contribution in [0.3, 0.4) is 0 Å². The number of urea groups is 1. The Hall–Kier alpha value is -3.64. The molecule has 35 heavy (non-hydrogen) atoms. The van der Waals surface area contributed by atoms with E-state index in [9.17, 15) is 9.18 Å². The van der Waals surface area contributed by atoms with Gasteiger partial charge in [-0.3, -0.25) is 4.98 Å². The van der Waals surface area contributed by atoms with Crippen LogP contribution in [0, 0.1) is 5.82 Å². The Bertz CT molecular complexity index is 1400. The summed E-state index contributed by atoms with van der Waals surface area (Å²) in [6.07, 6.45) is 4.43. The van der Waals surface area contributed by atoms with Gasteiger partial charge in [-0.05, 0) is 61.1 Å². The molecular formula is C28H26ClFN4O. The van der Waals surface area contributed by atoms with Crippen LogP contribution in [0.15, 0.2) is 72.9 Å². The summed E-state index contributed by atoms with van der Waals surface area (Å²) in [6, 6.07) is 20.1. The molecule has 1 saturated carbocycles. The van der Waals surface area contributed by atoms with Crippen LogP contribution in [0.1, 0.15) is 43.4 Å². The summed E-state index contributed by atoms with van der Waals surface area (Å²) in [5, 5.41) is 7.63. The minimum absolute atomic E-state index is 0.266. The molecule has 1 aliphatic carbocycles. The predicted molar refractivity (Wildman–Crippen MR) is 139 cm³/mol. The van der Waals surface area contributed by atoms with Crippen LogP contribution in [0.5, 0.6) is 0 Å². The number of nitrogens with one attached hydrogen (secondary N) is 2. The molecule has 1 heterocycles. The second kappa shape index (κ2) is 9.19. The number of nitrogens with two attached hydrogens (primary N) is 1. The lowest BCUT2D eigenvalue weighted by molar-refractivity contribution is 0.183. The summed E-state index contributed by atoms with van der Waals surface area (Å²) in [6.45, 7) is 1.90. The topological polar surface area (TPSA) is 80.0 Å². The number of hydrogen-bond donors (Lipinski definition) is 3. The summed E-state index contributed by atoms with van der Waals surface area (Å²) in [5.41, 5.74) is 10.2. The lowest BCUT2D eigenvalue weighted by atomic mass is 9.71. The average Bonchev–Trinajstić information content (AvgIpc) is 2.83. The maximum atomic E-state index is 14.3. The molecule has 4 aromatic rings. The number of benzene rings is 3. The average molecular weight is 489 g/mol. The molecule has 3 aromatic carbocycles. The summed E-state index contributed by atoms with van der Waals surface area (Å²) in [7, 11) is 0. The lowest BCUT2D eigenvalue weighted by Gasteiger charge is -2.42. The zero-order valence-corrected chi connectivity index (χ0v) is 20.1. The third-order valence-electron chi connectivity index (χ3n) is 6.89. The van der Waals surface area contributed by atoms with Gasteiger partial charge in [-0.1, -0.05) is 60.1 Å². The number of carbonyl (C=O) groups is 1. The number of pyridine rings is 1. The van der Waals surface area contributed by atoms with E-state index in [1.807, 2.05) is 55.5 Å². The normalized spacial score (nSPS) is 15.3. The van der Waals surface area contributed by atoms with Gasteiger partial charge in [0.25, 0.3) is 0 Å². The molecule has 0 spiro atoms. The van der Waals surface area contributed by atoms with Crippen molar-refractivity contribution in [2.24, 2.45) is 5.73 Å². The molecule has 7 heteroatoms. The van der Waals surface area contributed by atoms with Crippen LogP contribution in [0.4, 0.5) is 14.9 Å². The molecule has 0 radical (unpaired) electrons. The Labute approximate surface area is 208 Å². The highest BCUT2D eigenvalue weighted by Crippen LogP contribution is 2.42. The number of fused-ring (bicyclic) bond motifs is 1. The van der Waals surface area contributed by atoms with E-state index in [1.165, 1.54) is 6.07 Å². The van der Waals surface area contributed by atoms with Crippen LogP contribution < -0.4 is 16.4 Å². The summed E-state index contributed by atoms with van der Waals surface area (Å²) < 4.78 is 14.3. The van der Waals surface area contributed by atoms with Gasteiger partial charge in [-0.2, -0.15) is 0 Å². The molecule has 1 aromatic heterocycles. The SMILES string of the molecule is C[C@@H](Nc1c(Cl)cnc2ccc(-c3ccc(C4(NC(N)=O)CCC4)cc3)cc12)c1ccccc1F. The first kappa shape index (κ1) is 23.1. The number of amides is 2. The van der Waals surface area contributed by atoms with Crippen molar-refractivity contribution in [3.8, 4) is 11.1 Å². The molecule has 1 aliphatic rings. The number of nitrogens with zero attached hydrogens (tertiary/aromatic N) is 1. The van der Waals surface area contributed by atoms with Gasteiger partial charge in [0.05, 0.1) is 27.8 Å². The largest absolute Gasteiger partial charge is 0.377 e. The van der Waals surface area contributed by atoms with E-state index < -0.39 is 6.03 Å². The first-order chi connectivity index (χ1) is 16.9. The van der Waals surface area contributed by atoms with Gasteiger partial charge in [0, 0.05) is 17.1 Å². The molecule has 178 valence electrons. The molecular weight excluding hydrogens is 463 g/mol. The van der Waals surface area contributed by atoms with Crippen molar-refractivity contribution in [1.29, 1.82) is 0 Å². The summed E-state index contributed by atoms with van der Waals surface area (Å²) in [5.74, 6) is -0.266. The molecule has 1 fully saturated rings. The molecule has 0 bridgehead atoms. The van der Waals surface area contributed by atoms with Gasteiger partial charge in [0.2, 0.25) is 0 Å². The van der Waals surface area contributed by atoms with Crippen molar-refractivity contribution in [1.82, 2.24) is 10.3 Å². The predicted octanol–water partition coefficient (Wildman–Crippen LogP) is 6.91. The number of aromatic nitrogens is 1. The minimum atomic E-state index is -0.502. The highest BCUT2D eigenvalue weighted by Gasteiger charge is 2.39. The highest BCUT2D eigenvalue weighted by atomic mass is 35.5. The number of carbonyl (C=O) groups excluding carboxylic acids is 1. The quantitative estimate of drug-likeness (QED) is 0.275. The van der Waals surface area contributed by atoms with Crippen molar-refractivity contribution < 1.29 is 9.18 Å². The van der Waals surface area contributed by atoms with E-state index in [2.05, 4.69) is 15.6 Å². The van der Waals surface area contributed by atoms with E-state index in [0.717, 1.165) is 46.9 Å². The Morgan fingerprint density at radius 2 is 1.80 bits per heavy atom. The van der Waals surface area contributed by atoms with Gasteiger partial charge in [0.15, 0.2) is 0 Å². The van der Waals surface area contributed by atoms with Gasteiger partial charge in [0.1, 0.15) is 5.82 Å². The van der Waals surface area contributed by atoms with E-state index in [0.29, 0.717) is 16.3 Å². The molecule has 4 N–H and O–H groups in total. The van der Waals surface area contributed by atoms with Gasteiger partial charge < -0.3 is 16.4 Å². The van der Waals surface area contributed by atoms with E-state index in [4.69, 9.17) is 17.3 Å². The molecule has 0 unspecified atom stereocenters. The second-order valence-corrected chi connectivity index (χ2v) is 9.51.